The number of carboxylic acids is 1. The van der Waals surface area contributed by atoms with Gasteiger partial charge in [-0.05, 0) is 131 Å². The Morgan fingerprint density at radius 3 is 1.69 bits per heavy atom. The fourth-order valence-electron chi connectivity index (χ4n) is 17.9. The van der Waals surface area contributed by atoms with Crippen LogP contribution in [0.1, 0.15) is 186 Å². The fraction of sp³-hybridized carbons (Fsp3) is 0.591. The Hall–Kier alpha value is -11.9. The van der Waals surface area contributed by atoms with Crippen molar-refractivity contribution in [2.75, 3.05) is 53.4 Å². The first-order valence-electron chi connectivity index (χ1n) is 46.1. The lowest BCUT2D eigenvalue weighted by molar-refractivity contribution is -0.149. The van der Waals surface area contributed by atoms with E-state index >= 15 is 38.4 Å². The van der Waals surface area contributed by atoms with Gasteiger partial charge in [-0.25, -0.2) is 0 Å². The average molecular weight is 1820 g/mol. The number of para-hydroxylation sites is 2. The van der Waals surface area contributed by atoms with Crippen LogP contribution in [0.5, 0.6) is 0 Å². The average Bonchev–Trinajstić information content (AvgIpc) is 1.67. The highest BCUT2D eigenvalue weighted by Crippen LogP contribution is 2.30. The van der Waals surface area contributed by atoms with E-state index in [2.05, 4.69) is 52.8 Å². The van der Waals surface area contributed by atoms with Gasteiger partial charge in [0.15, 0.2) is 0 Å². The van der Waals surface area contributed by atoms with Crippen molar-refractivity contribution in [2.24, 2.45) is 34.8 Å². The second-order valence-corrected chi connectivity index (χ2v) is 36.1. The number of aliphatic carboxylic acids is 1. The molecule has 4 saturated heterocycles. The summed E-state index contributed by atoms with van der Waals surface area (Å²) in [4.78, 5) is 246. The van der Waals surface area contributed by atoms with Gasteiger partial charge in [0, 0.05) is 107 Å². The van der Waals surface area contributed by atoms with Crippen molar-refractivity contribution >= 4 is 116 Å². The summed E-state index contributed by atoms with van der Waals surface area (Å²) in [6.45, 7) is 11.2. The maximum absolute atomic E-state index is 15.9. The maximum Gasteiger partial charge on any atom is 0.323 e. The number of piperidine rings is 1. The summed E-state index contributed by atoms with van der Waals surface area (Å²) in [5.41, 5.74) is 28.5. The van der Waals surface area contributed by atoms with Crippen molar-refractivity contribution in [3.05, 3.63) is 107 Å². The lowest BCUT2D eigenvalue weighted by Crippen LogP contribution is -2.62. The quantitative estimate of drug-likeness (QED) is 0.0378. The lowest BCUT2D eigenvalue weighted by Gasteiger charge is -2.38. The van der Waals surface area contributed by atoms with Crippen molar-refractivity contribution < 1.29 is 86.9 Å². The Labute approximate surface area is 764 Å². The number of rotatable bonds is 24. The minimum Gasteiger partial charge on any atom is -0.480 e. The van der Waals surface area contributed by atoms with E-state index in [1.54, 1.807) is 86.9 Å². The Bertz CT molecular complexity index is 4860. The molecule has 0 spiro atoms. The number of aryl methyl sites for hydroxylation is 1. The van der Waals surface area contributed by atoms with Crippen LogP contribution < -0.4 is 70.8 Å². The molecule has 0 bridgehead atoms. The summed E-state index contributed by atoms with van der Waals surface area (Å²) in [6.07, 6.45) is 4.21. The van der Waals surface area contributed by atoms with Crippen LogP contribution >= 0.6 is 0 Å². The van der Waals surface area contributed by atoms with Crippen LogP contribution in [-0.4, -0.2) is 283 Å². The third-order valence-corrected chi connectivity index (χ3v) is 25.0. The third kappa shape index (κ3) is 27.8. The molecule has 4 fully saturated rings. The van der Waals surface area contributed by atoms with Crippen LogP contribution in [-0.2, 0) is 103 Å². The molecule has 4 aliphatic rings. The zero-order chi connectivity index (χ0) is 95.6. The Balaban J connectivity index is 1.09. The molecule has 716 valence electrons. The zero-order valence-corrected chi connectivity index (χ0v) is 76.8. The maximum atomic E-state index is 15.9. The highest BCUT2D eigenvalue weighted by atomic mass is 16.4. The molecule has 9 rings (SSSR count). The number of aromatic amines is 1. The number of benzene rings is 3. The summed E-state index contributed by atoms with van der Waals surface area (Å²) in [5, 5.41) is 47.8. The predicted octanol–water partition coefficient (Wildman–Crippen LogP) is 0.693. The lowest BCUT2D eigenvalue weighted by atomic mass is 9.97. The number of amides is 15. The van der Waals surface area contributed by atoms with E-state index in [-0.39, 0.29) is 128 Å². The van der Waals surface area contributed by atoms with E-state index < -0.39 is 211 Å². The molecule has 38 heteroatoms. The number of carbonyl (C=O) groups is 16. The van der Waals surface area contributed by atoms with E-state index in [1.807, 2.05) is 46.8 Å². The van der Waals surface area contributed by atoms with Gasteiger partial charge in [-0.2, -0.15) is 0 Å². The number of nitrogens with zero attached hydrogens (tertiary/aromatic N) is 6. The van der Waals surface area contributed by atoms with Crippen LogP contribution in [0.15, 0.2) is 85.2 Å². The van der Waals surface area contributed by atoms with Gasteiger partial charge in [0.2, 0.25) is 88.6 Å². The van der Waals surface area contributed by atoms with Gasteiger partial charge < -0.3 is 115 Å². The molecule has 15 atom stereocenters. The molecular weight excluding hydrogens is 1690 g/mol. The standard InChI is InChI=1S/C93H136N20O18/c1-10-12-14-29-73-85(123)101-65(41-53(3)4)81(119)98-38-21-25-62(96)80(118)103-68(43-56-34-32-55(7)33-35-56)90(128)111-39-20-19-30-74(111)86(124)106-70(47-78(97)115)91(129)112-40-22-31-75(112)87(125)107-71(48-95)84(122)104-67(42-54(5)6)92(130)113-51-59(114)46-77(113)88(126)102-66(44-57-49-99-63-26-17-15-23-60(57)63)83(121)100-64(36-37-94)82(120)105-69(89(127)109(9)76(27-13-11-2)93(131)108(73)8)45-58-50-110(52-79(116)117)72-28-18-16-24-61(58)72/h15-18,23-24,26,28,32-35,49-50,53-54,59,62,64-71,73-77,99,114H,10-14,19-22,25,27,29-31,36-48,51-52,94-96H2,1-9H3,(H2,97,115)(H,98,119)(H,100,121)(H,101,123)(H,102,126)(H,103,118)(H,104,122)(H,105,120)(H,106,124)(H,107,125)(H,116,117)/t59-,62-,64+,65+,66+,67+,68+,69+,70+,71+,73+,74+,75+,76+,77+/m1/s1. The largest absolute Gasteiger partial charge is 0.480 e. The molecule has 6 heterocycles. The summed E-state index contributed by atoms with van der Waals surface area (Å²) in [7, 11) is 2.84. The van der Waals surface area contributed by atoms with Gasteiger partial charge in [-0.1, -0.05) is 140 Å². The minimum atomic E-state index is -1.68. The molecule has 0 aliphatic carbocycles. The molecule has 38 nitrogen and oxygen atoms in total. The molecule has 131 heavy (non-hydrogen) atoms. The number of carboxylic acid groups (broad SMARTS) is 1. The van der Waals surface area contributed by atoms with Crippen LogP contribution in [0, 0.1) is 18.8 Å². The fourth-order valence-corrected chi connectivity index (χ4v) is 17.9. The van der Waals surface area contributed by atoms with Crippen LogP contribution in [0.3, 0.4) is 0 Å². The van der Waals surface area contributed by atoms with E-state index in [9.17, 15) is 48.6 Å². The molecule has 0 radical (unpaired) electrons. The van der Waals surface area contributed by atoms with Crippen molar-refractivity contribution in [3.8, 4) is 0 Å². The summed E-state index contributed by atoms with van der Waals surface area (Å²) in [5.74, 6) is -14.0. The Morgan fingerprint density at radius 2 is 1.03 bits per heavy atom. The number of aromatic nitrogens is 2. The molecule has 15 amide bonds. The number of aliphatic hydroxyl groups excluding tert-OH is 1. The van der Waals surface area contributed by atoms with Crippen molar-refractivity contribution in [1.29, 1.82) is 0 Å². The molecule has 0 unspecified atom stereocenters. The predicted molar refractivity (Wildman–Crippen MR) is 488 cm³/mol. The van der Waals surface area contributed by atoms with Gasteiger partial charge in [0.1, 0.15) is 85.1 Å². The van der Waals surface area contributed by atoms with E-state index in [0.29, 0.717) is 77.0 Å². The van der Waals surface area contributed by atoms with E-state index in [4.69, 9.17) is 22.9 Å². The molecule has 3 aromatic carbocycles. The van der Waals surface area contributed by atoms with Crippen LogP contribution in [0.4, 0.5) is 0 Å². The zero-order valence-electron chi connectivity index (χ0n) is 76.8. The molecule has 20 N–H and O–H groups in total. The first kappa shape index (κ1) is 103. The van der Waals surface area contributed by atoms with Crippen molar-refractivity contribution in [1.82, 2.24) is 81.9 Å². The number of hydrogen-bond acceptors (Lipinski definition) is 20. The summed E-state index contributed by atoms with van der Waals surface area (Å²) < 4.78 is 1.47. The molecule has 0 saturated carbocycles. The van der Waals surface area contributed by atoms with E-state index in [1.165, 1.54) is 33.4 Å². The van der Waals surface area contributed by atoms with Gasteiger partial charge >= 0.3 is 5.97 Å². The Morgan fingerprint density at radius 1 is 0.496 bits per heavy atom. The number of nitrogens with one attached hydrogen (secondary N) is 10. The highest BCUT2D eigenvalue weighted by Gasteiger charge is 2.47. The van der Waals surface area contributed by atoms with Gasteiger partial charge in [-0.3, -0.25) is 76.7 Å². The number of unbranched alkanes of at least 4 members (excludes halogenated alkanes) is 3. The smallest absolute Gasteiger partial charge is 0.323 e. The van der Waals surface area contributed by atoms with Gasteiger partial charge in [0.25, 0.3) is 0 Å². The molecule has 5 aromatic rings. The number of nitrogens with two attached hydrogens (primary N) is 4. The first-order chi connectivity index (χ1) is 62.4. The summed E-state index contributed by atoms with van der Waals surface area (Å²) >= 11 is 0. The number of likely N-dealkylation sites (N-methyl/N-ethyl adjacent to an activating group) is 2. The molecular formula is C93H136N20O18. The number of H-pyrrole nitrogens is 1. The number of fused-ring (bicyclic) bond motifs is 5. The second-order valence-electron chi connectivity index (χ2n) is 36.1. The number of primary amides is 1. The third-order valence-electron chi connectivity index (χ3n) is 25.0. The summed E-state index contributed by atoms with van der Waals surface area (Å²) in [6, 6.07) is 1.38. The number of carbonyl (C=O) groups excluding carboxylic acids is 15. The van der Waals surface area contributed by atoms with Crippen molar-refractivity contribution in [2.45, 2.75) is 287 Å². The Kier molecular flexibility index (Phi) is 38.3. The molecule has 2 aromatic heterocycles. The second kappa shape index (κ2) is 48.8. The van der Waals surface area contributed by atoms with Gasteiger partial charge in [0.05, 0.1) is 18.6 Å². The van der Waals surface area contributed by atoms with Gasteiger partial charge in [-0.15, -0.1) is 0 Å². The first-order valence-corrected chi connectivity index (χ1v) is 46.1. The monoisotopic (exact) mass is 1820 g/mol. The normalized spacial score (nSPS) is 25.9. The van der Waals surface area contributed by atoms with Crippen LogP contribution in [0.2, 0.25) is 0 Å². The minimum absolute atomic E-state index is 0.0193. The van der Waals surface area contributed by atoms with Crippen molar-refractivity contribution in [3.63, 3.8) is 0 Å². The van der Waals surface area contributed by atoms with E-state index in [0.717, 1.165) is 21.8 Å². The van der Waals surface area contributed by atoms with Crippen LogP contribution in [0.25, 0.3) is 21.8 Å². The number of hydrogen-bond donors (Lipinski definition) is 16. The number of aliphatic hydroxyl groups is 1. The highest BCUT2D eigenvalue weighted by molar-refractivity contribution is 6.02. The molecule has 4 aliphatic heterocycles. The SMILES string of the molecule is CCCCC[C@H]1C(=O)N[C@@H](CC(C)C)C(=O)NCCC[C@@H](N)C(=O)N[C@@H](Cc2ccc(C)cc2)C(=O)N2CCCC[C@H]2C(=O)N[C@@H](CC(N)=O)C(=O)N2CCC[C@H]2C(=O)N[C@@H](CN)C(=O)N[C@@H](CC(C)C)C(=O)N2C[C@H](O)C[C@H]2C(=O)N[C@@H](Cc2c[nH]c3ccccc23)C(=O)N[C@@H](CCN)C(=O)N[C@@H](Cc2cn(CC(=O)O)c3ccccc23)C(=O)N(C)[C@@H](CCCC)C(=O)N1C. The topological polar surface area (TPSA) is 563 Å².